The molecule has 1 N–H and O–H groups in total. The van der Waals surface area contributed by atoms with Crippen LogP contribution in [0.3, 0.4) is 0 Å². The Bertz CT molecular complexity index is 562. The smallest absolute Gasteiger partial charge is 0.257 e. The van der Waals surface area contributed by atoms with Crippen LogP contribution in [-0.2, 0) is 9.59 Å². The minimum atomic E-state index is -0.269. The van der Waals surface area contributed by atoms with Crippen LogP contribution in [0.1, 0.15) is 36.5 Å². The number of likely N-dealkylation sites (tertiary alicyclic amines) is 1. The lowest BCUT2D eigenvalue weighted by atomic mass is 10.1. The van der Waals surface area contributed by atoms with Crippen LogP contribution in [0.25, 0.3) is 0 Å². The van der Waals surface area contributed by atoms with Crippen molar-refractivity contribution >= 4 is 17.6 Å². The predicted molar refractivity (Wildman–Crippen MR) is 85.4 cm³/mol. The van der Waals surface area contributed by atoms with Gasteiger partial charge in [-0.3, -0.25) is 14.4 Å². The van der Waals surface area contributed by atoms with Crippen molar-refractivity contribution in [2.75, 3.05) is 26.2 Å². The average Bonchev–Trinajstić information content (AvgIpc) is 3.07. The van der Waals surface area contributed by atoms with Gasteiger partial charge in [-0.25, -0.2) is 0 Å². The average molecular weight is 318 g/mol. The van der Waals surface area contributed by atoms with Crippen molar-refractivity contribution in [3.63, 3.8) is 0 Å². The molecule has 0 saturated carbocycles. The van der Waals surface area contributed by atoms with Crippen LogP contribution in [-0.4, -0.2) is 48.7 Å². The minimum Gasteiger partial charge on any atom is -0.484 e. The number of hydrogen-bond donors (Lipinski definition) is 1. The highest BCUT2D eigenvalue weighted by molar-refractivity contribution is 5.94. The van der Waals surface area contributed by atoms with Gasteiger partial charge in [-0.1, -0.05) is 0 Å². The van der Waals surface area contributed by atoms with Gasteiger partial charge in [0, 0.05) is 31.6 Å². The molecule has 1 aromatic carbocycles. The van der Waals surface area contributed by atoms with Crippen LogP contribution in [0.4, 0.5) is 0 Å². The number of rotatable bonds is 7. The van der Waals surface area contributed by atoms with E-state index >= 15 is 0 Å². The highest BCUT2D eigenvalue weighted by atomic mass is 16.5. The first-order valence-corrected chi connectivity index (χ1v) is 7.84. The summed E-state index contributed by atoms with van der Waals surface area (Å²) in [6.07, 6.45) is 2.45. The van der Waals surface area contributed by atoms with E-state index in [9.17, 15) is 14.4 Å². The number of nitrogens with zero attached hydrogens (tertiary/aromatic N) is 1. The number of carbonyl (C=O) groups is 3. The van der Waals surface area contributed by atoms with Gasteiger partial charge in [-0.05, 0) is 44.0 Å². The molecular formula is C17H22N2O4. The Morgan fingerprint density at radius 2 is 1.78 bits per heavy atom. The third-order valence-corrected chi connectivity index (χ3v) is 3.75. The Morgan fingerprint density at radius 3 is 2.39 bits per heavy atom. The van der Waals surface area contributed by atoms with Crippen molar-refractivity contribution in [1.82, 2.24) is 10.2 Å². The van der Waals surface area contributed by atoms with Crippen LogP contribution >= 0.6 is 0 Å². The summed E-state index contributed by atoms with van der Waals surface area (Å²) >= 11 is 0. The van der Waals surface area contributed by atoms with Gasteiger partial charge in [-0.15, -0.1) is 0 Å². The number of carbonyl (C=O) groups excluding carboxylic acids is 3. The van der Waals surface area contributed by atoms with E-state index in [0.717, 1.165) is 25.9 Å². The molecule has 0 spiro atoms. The molecule has 0 radical (unpaired) electrons. The van der Waals surface area contributed by atoms with Crippen LogP contribution in [0, 0.1) is 0 Å². The maximum Gasteiger partial charge on any atom is 0.257 e. The Kier molecular flexibility index (Phi) is 6.14. The first kappa shape index (κ1) is 17.0. The van der Waals surface area contributed by atoms with Crippen molar-refractivity contribution in [1.29, 1.82) is 0 Å². The number of ketones is 1. The summed E-state index contributed by atoms with van der Waals surface area (Å²) in [6, 6.07) is 6.62. The lowest BCUT2D eigenvalue weighted by molar-refractivity contribution is -0.130. The minimum absolute atomic E-state index is 0.0167. The quantitative estimate of drug-likeness (QED) is 0.771. The fraction of sp³-hybridized carbons (Fsp3) is 0.471. The zero-order chi connectivity index (χ0) is 16.7. The van der Waals surface area contributed by atoms with Crippen LogP contribution in [0.2, 0.25) is 0 Å². The lowest BCUT2D eigenvalue weighted by Crippen LogP contribution is -2.34. The lowest BCUT2D eigenvalue weighted by Gasteiger charge is -2.15. The molecule has 124 valence electrons. The summed E-state index contributed by atoms with van der Waals surface area (Å²) in [5.74, 6) is 0.327. The second-order valence-corrected chi connectivity index (χ2v) is 5.56. The fourth-order valence-corrected chi connectivity index (χ4v) is 2.42. The first-order chi connectivity index (χ1) is 11.1. The molecule has 2 rings (SSSR count). The fourth-order valence-electron chi connectivity index (χ4n) is 2.42. The highest BCUT2D eigenvalue weighted by Crippen LogP contribution is 2.12. The molecule has 0 unspecified atom stereocenters. The van der Waals surface area contributed by atoms with Crippen molar-refractivity contribution < 1.29 is 19.1 Å². The van der Waals surface area contributed by atoms with Gasteiger partial charge in [0.1, 0.15) is 5.75 Å². The molecule has 0 aliphatic carbocycles. The highest BCUT2D eigenvalue weighted by Gasteiger charge is 2.17. The zero-order valence-corrected chi connectivity index (χ0v) is 13.3. The molecule has 1 heterocycles. The maximum absolute atomic E-state index is 11.8. The summed E-state index contributed by atoms with van der Waals surface area (Å²) in [6.45, 7) is 3.35. The number of hydrogen-bond acceptors (Lipinski definition) is 4. The van der Waals surface area contributed by atoms with Crippen molar-refractivity contribution in [2.24, 2.45) is 0 Å². The van der Waals surface area contributed by atoms with E-state index in [2.05, 4.69) is 5.32 Å². The molecule has 1 aromatic rings. The number of amides is 2. The Labute approximate surface area is 135 Å². The normalized spacial score (nSPS) is 13.7. The van der Waals surface area contributed by atoms with E-state index < -0.39 is 0 Å². The summed E-state index contributed by atoms with van der Waals surface area (Å²) in [4.78, 5) is 36.5. The largest absolute Gasteiger partial charge is 0.484 e. The van der Waals surface area contributed by atoms with E-state index in [0.29, 0.717) is 24.3 Å². The zero-order valence-electron chi connectivity index (χ0n) is 13.3. The molecule has 2 amide bonds. The van der Waals surface area contributed by atoms with Crippen molar-refractivity contribution in [3.8, 4) is 5.75 Å². The van der Waals surface area contributed by atoms with Gasteiger partial charge < -0.3 is 15.0 Å². The molecule has 6 nitrogen and oxygen atoms in total. The first-order valence-electron chi connectivity index (χ1n) is 7.84. The molecule has 0 atom stereocenters. The molecule has 0 aromatic heterocycles. The number of benzene rings is 1. The van der Waals surface area contributed by atoms with Crippen LogP contribution in [0.15, 0.2) is 24.3 Å². The molecule has 6 heteroatoms. The van der Waals surface area contributed by atoms with Gasteiger partial charge in [0.2, 0.25) is 5.91 Å². The van der Waals surface area contributed by atoms with Gasteiger partial charge in [0.05, 0.1) is 0 Å². The van der Waals surface area contributed by atoms with Crippen LogP contribution < -0.4 is 10.1 Å². The Balaban J connectivity index is 1.64. The third kappa shape index (κ3) is 5.39. The second kappa shape index (κ2) is 8.31. The molecule has 1 fully saturated rings. The van der Waals surface area contributed by atoms with E-state index in [4.69, 9.17) is 4.74 Å². The summed E-state index contributed by atoms with van der Waals surface area (Å²) in [5, 5.41) is 2.67. The number of nitrogens with one attached hydrogen (secondary N) is 1. The van der Waals surface area contributed by atoms with Crippen LogP contribution in [0.5, 0.6) is 5.75 Å². The van der Waals surface area contributed by atoms with Gasteiger partial charge in [0.25, 0.3) is 5.91 Å². The summed E-state index contributed by atoms with van der Waals surface area (Å²) < 4.78 is 5.34. The molecular weight excluding hydrogens is 296 g/mol. The van der Waals surface area contributed by atoms with Crippen molar-refractivity contribution in [2.45, 2.75) is 26.2 Å². The van der Waals surface area contributed by atoms with E-state index in [1.807, 2.05) is 4.90 Å². The van der Waals surface area contributed by atoms with E-state index in [1.165, 1.54) is 6.92 Å². The van der Waals surface area contributed by atoms with Crippen molar-refractivity contribution in [3.05, 3.63) is 29.8 Å². The number of ether oxygens (including phenoxy) is 1. The SMILES string of the molecule is CC(=O)c1ccc(OCC(=O)NCCC(=O)N2CCCC2)cc1. The number of Topliss-reactive ketones (excluding diaryl/α,β-unsaturated/α-hetero) is 1. The maximum atomic E-state index is 11.8. The topological polar surface area (TPSA) is 75.7 Å². The van der Waals surface area contributed by atoms with E-state index in [1.54, 1.807) is 24.3 Å². The van der Waals surface area contributed by atoms with E-state index in [-0.39, 0.29) is 24.2 Å². The van der Waals surface area contributed by atoms with Gasteiger partial charge in [0.15, 0.2) is 12.4 Å². The molecule has 0 bridgehead atoms. The molecule has 1 saturated heterocycles. The Hall–Kier alpha value is -2.37. The molecule has 23 heavy (non-hydrogen) atoms. The second-order valence-electron chi connectivity index (χ2n) is 5.56. The molecule has 1 aliphatic heterocycles. The standard InChI is InChI=1S/C17H22N2O4/c1-13(20)14-4-6-15(7-5-14)23-12-16(21)18-9-8-17(22)19-10-2-3-11-19/h4-7H,2-3,8-12H2,1H3,(H,18,21). The summed E-state index contributed by atoms with van der Waals surface area (Å²) in [5.41, 5.74) is 0.599. The third-order valence-electron chi connectivity index (χ3n) is 3.75. The molecule has 1 aliphatic rings. The van der Waals surface area contributed by atoms with Gasteiger partial charge in [-0.2, -0.15) is 0 Å². The Morgan fingerprint density at radius 1 is 1.13 bits per heavy atom. The van der Waals surface area contributed by atoms with Gasteiger partial charge >= 0.3 is 0 Å². The predicted octanol–water partition coefficient (Wildman–Crippen LogP) is 1.40. The monoisotopic (exact) mass is 318 g/mol. The summed E-state index contributed by atoms with van der Waals surface area (Å²) in [7, 11) is 0.